The number of carbonyl (C=O) groups is 1. The third kappa shape index (κ3) is 3.47. The summed E-state index contributed by atoms with van der Waals surface area (Å²) in [5.41, 5.74) is 0. The average molecular weight is 368 g/mol. The van der Waals surface area contributed by atoms with E-state index in [-0.39, 0.29) is 18.3 Å². The number of likely N-dealkylation sites (tertiary alicyclic amines) is 1. The molecule has 1 aromatic carbocycles. The molecule has 1 fully saturated rings. The Bertz CT molecular complexity index is 670. The van der Waals surface area contributed by atoms with Gasteiger partial charge in [0.2, 0.25) is 0 Å². The molecule has 3 rings (SSSR count). The van der Waals surface area contributed by atoms with Gasteiger partial charge in [-0.15, -0.1) is 0 Å². The molecule has 2 heterocycles. The molecule has 0 aliphatic carbocycles. The summed E-state index contributed by atoms with van der Waals surface area (Å²) in [6.07, 6.45) is 3.65. The van der Waals surface area contributed by atoms with Crippen molar-refractivity contribution in [3.05, 3.63) is 46.9 Å². The third-order valence-electron chi connectivity index (χ3n) is 3.54. The van der Waals surface area contributed by atoms with Gasteiger partial charge in [-0.3, -0.25) is 9.48 Å². The lowest BCUT2D eigenvalue weighted by molar-refractivity contribution is -0.140. The summed E-state index contributed by atoms with van der Waals surface area (Å²) >= 11 is 3.35. The first-order valence-electron chi connectivity index (χ1n) is 6.95. The molecule has 1 aromatic heterocycles. The van der Waals surface area contributed by atoms with Gasteiger partial charge < -0.3 is 9.64 Å². The second-order valence-corrected chi connectivity index (χ2v) is 6.18. The quantitative estimate of drug-likeness (QED) is 0.814. The number of amides is 1. The summed E-state index contributed by atoms with van der Waals surface area (Å²) in [6, 6.07) is 6.07. The monoisotopic (exact) mass is 367 g/mol. The van der Waals surface area contributed by atoms with Crippen LogP contribution in [0, 0.1) is 11.7 Å². The first kappa shape index (κ1) is 15.0. The van der Waals surface area contributed by atoms with E-state index in [1.165, 1.54) is 12.1 Å². The largest absolute Gasteiger partial charge is 0.481 e. The Labute approximate surface area is 135 Å². The molecule has 0 saturated carbocycles. The van der Waals surface area contributed by atoms with Gasteiger partial charge >= 0.3 is 0 Å². The fourth-order valence-electron chi connectivity index (χ4n) is 2.38. The summed E-state index contributed by atoms with van der Waals surface area (Å²) in [4.78, 5) is 13.7. The van der Waals surface area contributed by atoms with Gasteiger partial charge in [-0.05, 0) is 28.1 Å². The Kier molecular flexibility index (Phi) is 4.42. The smallest absolute Gasteiger partial charge is 0.260 e. The topological polar surface area (TPSA) is 47.4 Å². The van der Waals surface area contributed by atoms with Gasteiger partial charge in [-0.1, -0.05) is 12.1 Å². The van der Waals surface area contributed by atoms with Crippen molar-refractivity contribution >= 4 is 21.8 Å². The van der Waals surface area contributed by atoms with Crippen LogP contribution in [0.4, 0.5) is 4.39 Å². The molecule has 0 N–H and O–H groups in total. The second kappa shape index (κ2) is 6.48. The molecule has 5 nitrogen and oxygen atoms in total. The molecule has 7 heteroatoms. The summed E-state index contributed by atoms with van der Waals surface area (Å²) in [7, 11) is 0. The zero-order chi connectivity index (χ0) is 15.5. The first-order chi connectivity index (χ1) is 10.6. The number of ether oxygens (including phenoxy) is 1. The van der Waals surface area contributed by atoms with Crippen molar-refractivity contribution in [3.8, 4) is 5.75 Å². The first-order valence-corrected chi connectivity index (χ1v) is 7.74. The van der Waals surface area contributed by atoms with Gasteiger partial charge in [0, 0.05) is 31.7 Å². The molecular weight excluding hydrogens is 353 g/mol. The van der Waals surface area contributed by atoms with Gasteiger partial charge in [-0.2, -0.15) is 5.10 Å². The zero-order valence-corrected chi connectivity index (χ0v) is 13.4. The van der Waals surface area contributed by atoms with E-state index in [2.05, 4.69) is 21.0 Å². The summed E-state index contributed by atoms with van der Waals surface area (Å²) in [5.74, 6) is -0.0827. The minimum atomic E-state index is -0.457. The van der Waals surface area contributed by atoms with E-state index in [0.29, 0.717) is 19.0 Å². The molecule has 0 spiro atoms. The lowest BCUT2D eigenvalue weighted by Crippen LogP contribution is -2.52. The third-order valence-corrected chi connectivity index (χ3v) is 3.95. The van der Waals surface area contributed by atoms with Crippen molar-refractivity contribution in [1.82, 2.24) is 14.7 Å². The van der Waals surface area contributed by atoms with Gasteiger partial charge in [0.1, 0.15) is 0 Å². The average Bonchev–Trinajstić information content (AvgIpc) is 2.86. The molecule has 0 radical (unpaired) electrons. The highest BCUT2D eigenvalue weighted by atomic mass is 79.9. The molecule has 0 atom stereocenters. The van der Waals surface area contributed by atoms with Gasteiger partial charge in [0.25, 0.3) is 5.91 Å². The molecule has 1 aliphatic heterocycles. The van der Waals surface area contributed by atoms with Crippen LogP contribution in [0.25, 0.3) is 0 Å². The highest BCUT2D eigenvalue weighted by Gasteiger charge is 2.31. The Morgan fingerprint density at radius 2 is 2.18 bits per heavy atom. The van der Waals surface area contributed by atoms with E-state index in [1.807, 2.05) is 10.9 Å². The molecular formula is C15H15BrFN3O2. The lowest BCUT2D eigenvalue weighted by atomic mass is 10.0. The predicted octanol–water partition coefficient (Wildman–Crippen LogP) is 2.32. The van der Waals surface area contributed by atoms with Crippen molar-refractivity contribution in [2.75, 3.05) is 19.7 Å². The normalized spacial score (nSPS) is 14.7. The number of nitrogens with zero attached hydrogens (tertiary/aromatic N) is 3. The van der Waals surface area contributed by atoms with Crippen LogP contribution in [0.15, 0.2) is 41.1 Å². The molecule has 1 saturated heterocycles. The molecule has 0 bridgehead atoms. The van der Waals surface area contributed by atoms with Crippen molar-refractivity contribution in [1.29, 1.82) is 0 Å². The molecule has 0 unspecified atom stereocenters. The molecule has 116 valence electrons. The molecule has 2 aromatic rings. The Balaban J connectivity index is 1.43. The number of aromatic nitrogens is 2. The maximum atomic E-state index is 13.4. The van der Waals surface area contributed by atoms with Crippen LogP contribution in [0.3, 0.4) is 0 Å². The van der Waals surface area contributed by atoms with Crippen LogP contribution in [0.1, 0.15) is 0 Å². The van der Waals surface area contributed by atoms with Crippen LogP contribution < -0.4 is 4.74 Å². The van der Waals surface area contributed by atoms with Crippen LogP contribution in [-0.2, 0) is 11.3 Å². The zero-order valence-electron chi connectivity index (χ0n) is 11.8. The standard InChI is InChI=1S/C15H15BrFN3O2/c16-12-5-18-20(9-12)8-11-6-19(7-11)15(21)10-22-14-4-2-1-3-13(14)17/h1-5,9,11H,6-8,10H2. The number of benzene rings is 1. The number of carbonyl (C=O) groups excluding carboxylic acids is 1. The van der Waals surface area contributed by atoms with Crippen LogP contribution in [0.5, 0.6) is 5.75 Å². The highest BCUT2D eigenvalue weighted by Crippen LogP contribution is 2.20. The van der Waals surface area contributed by atoms with Crippen molar-refractivity contribution in [3.63, 3.8) is 0 Å². The van der Waals surface area contributed by atoms with E-state index in [0.717, 1.165) is 11.0 Å². The van der Waals surface area contributed by atoms with E-state index in [9.17, 15) is 9.18 Å². The number of hydrogen-bond acceptors (Lipinski definition) is 3. The summed E-state index contributed by atoms with van der Waals surface area (Å²) < 4.78 is 21.4. The maximum absolute atomic E-state index is 13.4. The fraction of sp³-hybridized carbons (Fsp3) is 0.333. The second-order valence-electron chi connectivity index (χ2n) is 5.26. The SMILES string of the molecule is O=C(COc1ccccc1F)N1CC(Cn2cc(Br)cn2)C1. The van der Waals surface area contributed by atoms with E-state index >= 15 is 0 Å². The predicted molar refractivity (Wildman–Crippen MR) is 81.9 cm³/mol. The molecule has 1 aliphatic rings. The number of para-hydroxylation sites is 1. The Morgan fingerprint density at radius 3 is 2.86 bits per heavy atom. The van der Waals surface area contributed by atoms with Crippen molar-refractivity contribution in [2.45, 2.75) is 6.54 Å². The van der Waals surface area contributed by atoms with Gasteiger partial charge in [-0.25, -0.2) is 4.39 Å². The maximum Gasteiger partial charge on any atom is 0.260 e. The van der Waals surface area contributed by atoms with Gasteiger partial charge in [0.15, 0.2) is 18.2 Å². The minimum absolute atomic E-state index is 0.106. The van der Waals surface area contributed by atoms with E-state index in [1.54, 1.807) is 23.2 Å². The van der Waals surface area contributed by atoms with Crippen molar-refractivity contribution < 1.29 is 13.9 Å². The van der Waals surface area contributed by atoms with Gasteiger partial charge in [0.05, 0.1) is 10.7 Å². The van der Waals surface area contributed by atoms with E-state index in [4.69, 9.17) is 4.74 Å². The van der Waals surface area contributed by atoms with Crippen LogP contribution in [0.2, 0.25) is 0 Å². The van der Waals surface area contributed by atoms with E-state index < -0.39 is 5.82 Å². The number of hydrogen-bond donors (Lipinski definition) is 0. The Morgan fingerprint density at radius 1 is 1.41 bits per heavy atom. The highest BCUT2D eigenvalue weighted by molar-refractivity contribution is 9.10. The lowest BCUT2D eigenvalue weighted by Gasteiger charge is -2.39. The molecule has 22 heavy (non-hydrogen) atoms. The minimum Gasteiger partial charge on any atom is -0.481 e. The molecule has 1 amide bonds. The fourth-order valence-corrected chi connectivity index (χ4v) is 2.71. The number of rotatable bonds is 5. The van der Waals surface area contributed by atoms with Crippen molar-refractivity contribution in [2.24, 2.45) is 5.92 Å². The summed E-state index contributed by atoms with van der Waals surface area (Å²) in [5, 5.41) is 4.19. The Hall–Kier alpha value is -1.89. The number of halogens is 2. The van der Waals surface area contributed by atoms with Crippen LogP contribution >= 0.6 is 15.9 Å². The van der Waals surface area contributed by atoms with Crippen LogP contribution in [-0.4, -0.2) is 40.3 Å². The summed E-state index contributed by atoms with van der Waals surface area (Å²) in [6.45, 7) is 2.00.